The van der Waals surface area contributed by atoms with Crippen LogP contribution in [-0.4, -0.2) is 28.5 Å². The van der Waals surface area contributed by atoms with Crippen molar-refractivity contribution in [2.45, 2.75) is 77.0 Å². The van der Waals surface area contributed by atoms with Crippen molar-refractivity contribution < 1.29 is 10.2 Å². The molecule has 4 aliphatic rings. The number of rotatable bonds is 0. The molecular weight excluding hydrogens is 274 g/mol. The second kappa shape index (κ2) is 4.81. The van der Waals surface area contributed by atoms with E-state index in [-0.39, 0.29) is 5.41 Å². The minimum absolute atomic E-state index is 0.0928. The maximum atomic E-state index is 10.3. The third kappa shape index (κ3) is 1.85. The molecule has 22 heavy (non-hydrogen) atoms. The molecular formula is C19H31NO2. The SMILES string of the molecule is C[C@]12CC(O)C(O)CC1=CC[C@@H]1[C@H]2CC[C@]2(C)C(N)CC[C@@H]12. The van der Waals surface area contributed by atoms with Gasteiger partial charge in [-0.05, 0) is 73.5 Å². The van der Waals surface area contributed by atoms with E-state index in [2.05, 4.69) is 19.9 Å². The fraction of sp³-hybridized carbons (Fsp3) is 0.895. The average molecular weight is 305 g/mol. The Bertz CT molecular complexity index is 504. The molecule has 0 aromatic rings. The van der Waals surface area contributed by atoms with Crippen molar-refractivity contribution in [2.24, 2.45) is 34.3 Å². The van der Waals surface area contributed by atoms with E-state index >= 15 is 0 Å². The summed E-state index contributed by atoms with van der Waals surface area (Å²) in [7, 11) is 0. The summed E-state index contributed by atoms with van der Waals surface area (Å²) in [5.41, 5.74) is 8.30. The summed E-state index contributed by atoms with van der Waals surface area (Å²) in [6.07, 6.45) is 8.78. The van der Waals surface area contributed by atoms with Gasteiger partial charge in [0.2, 0.25) is 0 Å². The van der Waals surface area contributed by atoms with Crippen molar-refractivity contribution in [2.75, 3.05) is 0 Å². The van der Waals surface area contributed by atoms with Gasteiger partial charge in [0.1, 0.15) is 0 Å². The second-order valence-corrected chi connectivity index (χ2v) is 9.03. The fourth-order valence-corrected chi connectivity index (χ4v) is 6.73. The Morgan fingerprint density at radius 3 is 2.64 bits per heavy atom. The third-order valence-corrected chi connectivity index (χ3v) is 8.21. The van der Waals surface area contributed by atoms with Gasteiger partial charge in [-0.15, -0.1) is 0 Å². The number of fused-ring (bicyclic) bond motifs is 5. The Kier molecular flexibility index (Phi) is 3.32. The normalized spacial score (nSPS) is 57.6. The number of nitrogens with two attached hydrogens (primary N) is 1. The van der Waals surface area contributed by atoms with Crippen LogP contribution in [0.25, 0.3) is 0 Å². The highest BCUT2D eigenvalue weighted by molar-refractivity contribution is 5.26. The molecule has 0 saturated heterocycles. The minimum Gasteiger partial charge on any atom is -0.390 e. The Labute approximate surface area is 134 Å². The molecule has 3 unspecified atom stereocenters. The smallest absolute Gasteiger partial charge is 0.0836 e. The van der Waals surface area contributed by atoms with Crippen LogP contribution in [0.5, 0.6) is 0 Å². The van der Waals surface area contributed by atoms with Crippen LogP contribution in [0.2, 0.25) is 0 Å². The zero-order chi connectivity index (χ0) is 15.7. The third-order valence-electron chi connectivity index (χ3n) is 8.21. The highest BCUT2D eigenvalue weighted by Gasteiger charge is 2.58. The van der Waals surface area contributed by atoms with Gasteiger partial charge in [-0.1, -0.05) is 25.5 Å². The zero-order valence-electron chi connectivity index (χ0n) is 14.0. The van der Waals surface area contributed by atoms with E-state index in [0.717, 1.165) is 24.7 Å². The van der Waals surface area contributed by atoms with Gasteiger partial charge in [-0.3, -0.25) is 0 Å². The van der Waals surface area contributed by atoms with E-state index < -0.39 is 12.2 Å². The first-order chi connectivity index (χ1) is 10.4. The molecule has 3 heteroatoms. The Morgan fingerprint density at radius 1 is 1.09 bits per heavy atom. The summed E-state index contributed by atoms with van der Waals surface area (Å²) in [6, 6.07) is 0.371. The number of aliphatic hydroxyl groups is 2. The first-order valence-electron chi connectivity index (χ1n) is 9.17. The molecule has 0 aromatic carbocycles. The van der Waals surface area contributed by atoms with Crippen molar-refractivity contribution in [1.82, 2.24) is 0 Å². The van der Waals surface area contributed by atoms with Crippen LogP contribution in [0.1, 0.15) is 58.8 Å². The Hall–Kier alpha value is -0.380. The summed E-state index contributed by atoms with van der Waals surface area (Å²) in [4.78, 5) is 0. The van der Waals surface area contributed by atoms with Gasteiger partial charge in [0.25, 0.3) is 0 Å². The van der Waals surface area contributed by atoms with E-state index in [9.17, 15) is 10.2 Å². The topological polar surface area (TPSA) is 66.5 Å². The van der Waals surface area contributed by atoms with Crippen LogP contribution in [0, 0.1) is 28.6 Å². The summed E-state index contributed by atoms with van der Waals surface area (Å²) in [6.45, 7) is 4.77. The van der Waals surface area contributed by atoms with Crippen molar-refractivity contribution >= 4 is 0 Å². The molecule has 8 atom stereocenters. The molecule has 0 radical (unpaired) electrons. The van der Waals surface area contributed by atoms with Gasteiger partial charge >= 0.3 is 0 Å². The number of hydrogen-bond donors (Lipinski definition) is 3. The van der Waals surface area contributed by atoms with Gasteiger partial charge in [-0.25, -0.2) is 0 Å². The molecule has 3 saturated carbocycles. The van der Waals surface area contributed by atoms with Crippen LogP contribution in [-0.2, 0) is 0 Å². The molecule has 0 spiro atoms. The van der Waals surface area contributed by atoms with Crippen LogP contribution in [0.3, 0.4) is 0 Å². The molecule has 4 N–H and O–H groups in total. The van der Waals surface area contributed by atoms with Crippen molar-refractivity contribution in [1.29, 1.82) is 0 Å². The minimum atomic E-state index is -0.565. The fourth-order valence-electron chi connectivity index (χ4n) is 6.73. The Morgan fingerprint density at radius 2 is 1.86 bits per heavy atom. The summed E-state index contributed by atoms with van der Waals surface area (Å²) in [5, 5.41) is 20.3. The lowest BCUT2D eigenvalue weighted by atomic mass is 9.47. The quantitative estimate of drug-likeness (QED) is 0.603. The molecule has 3 fully saturated rings. The standard InChI is InChI=1S/C19H31NO2/c1-18-8-7-14-12(13(18)5-6-17(18)20)4-3-11-9-15(21)16(22)10-19(11,14)2/h3,12-17,21-22H,4-10,20H2,1-2H3/t12-,13-,14+,15?,16?,17?,18-,19-/m0/s1. The first-order valence-corrected chi connectivity index (χ1v) is 9.17. The van der Waals surface area contributed by atoms with Crippen LogP contribution in [0.15, 0.2) is 11.6 Å². The van der Waals surface area contributed by atoms with E-state index in [4.69, 9.17) is 5.73 Å². The van der Waals surface area contributed by atoms with Crippen molar-refractivity contribution in [3.05, 3.63) is 11.6 Å². The predicted octanol–water partition coefficient (Wildman–Crippen LogP) is 2.61. The monoisotopic (exact) mass is 305 g/mol. The van der Waals surface area contributed by atoms with Crippen LogP contribution >= 0.6 is 0 Å². The molecule has 0 heterocycles. The lowest BCUT2D eigenvalue weighted by molar-refractivity contribution is -0.0814. The van der Waals surface area contributed by atoms with Crippen LogP contribution in [0.4, 0.5) is 0 Å². The largest absolute Gasteiger partial charge is 0.390 e. The highest BCUT2D eigenvalue weighted by atomic mass is 16.3. The molecule has 4 aliphatic carbocycles. The van der Waals surface area contributed by atoms with Crippen molar-refractivity contribution in [3.63, 3.8) is 0 Å². The van der Waals surface area contributed by atoms with E-state index in [0.29, 0.717) is 23.8 Å². The second-order valence-electron chi connectivity index (χ2n) is 9.03. The first kappa shape index (κ1) is 15.2. The molecule has 0 aliphatic heterocycles. The number of allylic oxidation sites excluding steroid dienone is 1. The van der Waals surface area contributed by atoms with Gasteiger partial charge in [0.05, 0.1) is 12.2 Å². The average Bonchev–Trinajstić information content (AvgIpc) is 2.77. The van der Waals surface area contributed by atoms with E-state index in [1.165, 1.54) is 31.3 Å². The maximum Gasteiger partial charge on any atom is 0.0836 e. The highest BCUT2D eigenvalue weighted by Crippen LogP contribution is 2.64. The van der Waals surface area contributed by atoms with Gasteiger partial charge in [0.15, 0.2) is 0 Å². The van der Waals surface area contributed by atoms with Gasteiger partial charge in [0, 0.05) is 6.04 Å². The number of aliphatic hydroxyl groups excluding tert-OH is 2. The van der Waals surface area contributed by atoms with E-state index in [1.54, 1.807) is 0 Å². The Balaban J connectivity index is 1.68. The van der Waals surface area contributed by atoms with Crippen molar-refractivity contribution in [3.8, 4) is 0 Å². The molecule has 4 rings (SSSR count). The molecule has 0 aromatic heterocycles. The molecule has 0 bridgehead atoms. The predicted molar refractivity (Wildman–Crippen MR) is 87.1 cm³/mol. The van der Waals surface area contributed by atoms with Gasteiger partial charge in [-0.2, -0.15) is 0 Å². The molecule has 124 valence electrons. The van der Waals surface area contributed by atoms with Crippen LogP contribution < -0.4 is 5.73 Å². The lowest BCUT2D eigenvalue weighted by Crippen LogP contribution is -2.54. The molecule has 3 nitrogen and oxygen atoms in total. The van der Waals surface area contributed by atoms with E-state index in [1.807, 2.05) is 0 Å². The van der Waals surface area contributed by atoms with Gasteiger partial charge < -0.3 is 15.9 Å². The summed E-state index contributed by atoms with van der Waals surface area (Å²) < 4.78 is 0. The maximum absolute atomic E-state index is 10.3. The molecule has 0 amide bonds. The number of hydrogen-bond acceptors (Lipinski definition) is 3. The lowest BCUT2D eigenvalue weighted by Gasteiger charge is -2.58. The summed E-state index contributed by atoms with van der Waals surface area (Å²) in [5.74, 6) is 2.14. The zero-order valence-corrected chi connectivity index (χ0v) is 14.0. The summed E-state index contributed by atoms with van der Waals surface area (Å²) >= 11 is 0.